The number of thioether (sulfide) groups is 1. The molecule has 0 unspecified atom stereocenters. The second-order valence-corrected chi connectivity index (χ2v) is 3.63. The van der Waals surface area contributed by atoms with Gasteiger partial charge < -0.3 is 0 Å². The minimum absolute atomic E-state index is 0.125. The SMILES string of the molecule is CSC(=Nc1cccc(F)c1C(F)F)NC#N. The molecule has 0 radical (unpaired) electrons. The third-order valence-corrected chi connectivity index (χ3v) is 2.41. The minimum Gasteiger partial charge on any atom is -0.271 e. The molecular weight excluding hydrogens is 251 g/mol. The predicted molar refractivity (Wildman–Crippen MR) is 60.7 cm³/mol. The lowest BCUT2D eigenvalue weighted by Gasteiger charge is -2.07. The van der Waals surface area contributed by atoms with Crippen LogP contribution in [0.25, 0.3) is 0 Å². The van der Waals surface area contributed by atoms with Crippen molar-refractivity contribution < 1.29 is 13.2 Å². The summed E-state index contributed by atoms with van der Waals surface area (Å²) in [5.41, 5.74) is -0.953. The fourth-order valence-electron chi connectivity index (χ4n) is 1.12. The van der Waals surface area contributed by atoms with Crippen molar-refractivity contribution in [1.29, 1.82) is 5.26 Å². The molecule has 0 aliphatic heterocycles. The van der Waals surface area contributed by atoms with E-state index in [2.05, 4.69) is 10.3 Å². The van der Waals surface area contributed by atoms with Crippen molar-refractivity contribution in [3.05, 3.63) is 29.6 Å². The van der Waals surface area contributed by atoms with Gasteiger partial charge in [0.25, 0.3) is 6.43 Å². The van der Waals surface area contributed by atoms with E-state index in [-0.39, 0.29) is 10.9 Å². The van der Waals surface area contributed by atoms with Crippen LogP contribution in [0.4, 0.5) is 18.9 Å². The van der Waals surface area contributed by atoms with Crippen LogP contribution in [-0.4, -0.2) is 11.4 Å². The number of benzene rings is 1. The molecule has 0 aliphatic carbocycles. The van der Waals surface area contributed by atoms with Gasteiger partial charge in [-0.15, -0.1) is 0 Å². The molecule has 0 amide bonds. The van der Waals surface area contributed by atoms with Crippen LogP contribution in [0.1, 0.15) is 12.0 Å². The van der Waals surface area contributed by atoms with Gasteiger partial charge in [0.1, 0.15) is 5.82 Å². The predicted octanol–water partition coefficient (Wildman–Crippen LogP) is 3.18. The molecule has 0 atom stereocenters. The molecule has 0 spiro atoms. The summed E-state index contributed by atoms with van der Waals surface area (Å²) in [6, 6.07) is 3.49. The highest BCUT2D eigenvalue weighted by molar-refractivity contribution is 8.13. The van der Waals surface area contributed by atoms with Crippen LogP contribution in [0, 0.1) is 17.3 Å². The molecule has 0 saturated heterocycles. The molecule has 3 nitrogen and oxygen atoms in total. The minimum atomic E-state index is -2.96. The lowest BCUT2D eigenvalue weighted by molar-refractivity contribution is 0.147. The summed E-state index contributed by atoms with van der Waals surface area (Å²) in [5, 5.41) is 10.7. The monoisotopic (exact) mass is 259 g/mol. The third kappa shape index (κ3) is 3.39. The number of aliphatic imine (C=N–C) groups is 1. The molecule has 90 valence electrons. The van der Waals surface area contributed by atoms with E-state index >= 15 is 0 Å². The molecule has 1 aromatic carbocycles. The van der Waals surface area contributed by atoms with Crippen LogP contribution < -0.4 is 5.32 Å². The van der Waals surface area contributed by atoms with Gasteiger partial charge in [-0.2, -0.15) is 5.26 Å². The van der Waals surface area contributed by atoms with E-state index < -0.39 is 17.8 Å². The Balaban J connectivity index is 3.22. The summed E-state index contributed by atoms with van der Waals surface area (Å²) >= 11 is 1.06. The lowest BCUT2D eigenvalue weighted by atomic mass is 10.2. The number of rotatable bonds is 2. The number of nitriles is 1. The molecule has 0 fully saturated rings. The molecule has 1 rings (SSSR count). The third-order valence-electron chi connectivity index (χ3n) is 1.83. The Morgan fingerprint density at radius 1 is 1.53 bits per heavy atom. The molecule has 0 aromatic heterocycles. The Morgan fingerprint density at radius 2 is 2.24 bits per heavy atom. The number of nitrogens with one attached hydrogen (secondary N) is 1. The number of hydrogen-bond acceptors (Lipinski definition) is 3. The van der Waals surface area contributed by atoms with E-state index in [9.17, 15) is 13.2 Å². The van der Waals surface area contributed by atoms with E-state index in [1.54, 1.807) is 12.4 Å². The summed E-state index contributed by atoms with van der Waals surface area (Å²) in [7, 11) is 0. The van der Waals surface area contributed by atoms with Gasteiger partial charge in [0.15, 0.2) is 11.4 Å². The van der Waals surface area contributed by atoms with Crippen molar-refractivity contribution >= 4 is 22.6 Å². The Kier molecular flexibility index (Phi) is 4.84. The molecule has 1 aromatic rings. The van der Waals surface area contributed by atoms with Crippen LogP contribution in [0.2, 0.25) is 0 Å². The maximum Gasteiger partial charge on any atom is 0.268 e. The summed E-state index contributed by atoms with van der Waals surface area (Å²) in [6.07, 6.45) is 0.277. The number of halogens is 3. The molecule has 0 heterocycles. The van der Waals surface area contributed by atoms with Crippen LogP contribution in [0.15, 0.2) is 23.2 Å². The second-order valence-electron chi connectivity index (χ2n) is 2.83. The van der Waals surface area contributed by atoms with Gasteiger partial charge in [-0.25, -0.2) is 18.2 Å². The molecule has 1 N–H and O–H groups in total. The summed E-state index contributed by atoms with van der Waals surface area (Å²) < 4.78 is 38.5. The van der Waals surface area contributed by atoms with E-state index in [1.807, 2.05) is 0 Å². The highest BCUT2D eigenvalue weighted by Gasteiger charge is 2.18. The van der Waals surface area contributed by atoms with E-state index in [1.165, 1.54) is 12.1 Å². The number of nitrogens with zero attached hydrogens (tertiary/aromatic N) is 2. The first-order valence-corrected chi connectivity index (χ1v) is 5.67. The van der Waals surface area contributed by atoms with Crippen LogP contribution in [-0.2, 0) is 0 Å². The lowest BCUT2D eigenvalue weighted by Crippen LogP contribution is -2.12. The highest BCUT2D eigenvalue weighted by atomic mass is 32.2. The van der Waals surface area contributed by atoms with Gasteiger partial charge in [-0.1, -0.05) is 17.8 Å². The molecule has 7 heteroatoms. The van der Waals surface area contributed by atoms with E-state index in [4.69, 9.17) is 5.26 Å². The number of alkyl halides is 2. The maximum absolute atomic E-state index is 13.2. The number of amidine groups is 1. The smallest absolute Gasteiger partial charge is 0.268 e. The second kappa shape index (κ2) is 6.15. The summed E-state index contributed by atoms with van der Waals surface area (Å²) in [6.45, 7) is 0. The van der Waals surface area contributed by atoms with Gasteiger partial charge in [-0.05, 0) is 18.4 Å². The topological polar surface area (TPSA) is 48.2 Å². The summed E-state index contributed by atoms with van der Waals surface area (Å²) in [4.78, 5) is 3.77. The first kappa shape index (κ1) is 13.4. The first-order valence-electron chi connectivity index (χ1n) is 4.44. The van der Waals surface area contributed by atoms with Crippen molar-refractivity contribution in [2.75, 3.05) is 6.26 Å². The molecule has 0 bridgehead atoms. The van der Waals surface area contributed by atoms with Crippen molar-refractivity contribution in [2.24, 2.45) is 4.99 Å². The fraction of sp³-hybridized carbons (Fsp3) is 0.200. The fourth-order valence-corrected chi connectivity index (χ4v) is 1.46. The average molecular weight is 259 g/mol. The van der Waals surface area contributed by atoms with Gasteiger partial charge in [0.05, 0.1) is 11.3 Å². The molecular formula is C10H8F3N3S. The zero-order chi connectivity index (χ0) is 12.8. The Labute approximate surface area is 100 Å². The summed E-state index contributed by atoms with van der Waals surface area (Å²) in [5.74, 6) is -1.02. The standard InChI is InChI=1S/C10H8F3N3S/c1-17-10(15-5-14)16-7-4-2-3-6(11)8(7)9(12)13/h2-4,9H,1H3,(H,15,16). The van der Waals surface area contributed by atoms with Crippen LogP contribution in [0.3, 0.4) is 0 Å². The Morgan fingerprint density at radius 3 is 2.76 bits per heavy atom. The van der Waals surface area contributed by atoms with Crippen molar-refractivity contribution in [3.8, 4) is 6.19 Å². The van der Waals surface area contributed by atoms with E-state index in [0.717, 1.165) is 17.8 Å². The van der Waals surface area contributed by atoms with Crippen molar-refractivity contribution in [1.82, 2.24) is 5.32 Å². The van der Waals surface area contributed by atoms with Gasteiger partial charge in [0, 0.05) is 0 Å². The van der Waals surface area contributed by atoms with Gasteiger partial charge in [0.2, 0.25) is 0 Å². The van der Waals surface area contributed by atoms with Crippen molar-refractivity contribution in [3.63, 3.8) is 0 Å². The largest absolute Gasteiger partial charge is 0.271 e. The highest BCUT2D eigenvalue weighted by Crippen LogP contribution is 2.31. The van der Waals surface area contributed by atoms with Gasteiger partial charge >= 0.3 is 0 Å². The maximum atomic E-state index is 13.2. The molecule has 0 saturated carbocycles. The van der Waals surface area contributed by atoms with Gasteiger partial charge in [-0.3, -0.25) is 5.32 Å². The Hall–Kier alpha value is -1.68. The Bertz CT molecular complexity index is 468. The van der Waals surface area contributed by atoms with E-state index in [0.29, 0.717) is 0 Å². The van der Waals surface area contributed by atoms with Crippen LogP contribution in [0.5, 0.6) is 0 Å². The zero-order valence-corrected chi connectivity index (χ0v) is 9.56. The number of hydrogen-bond donors (Lipinski definition) is 1. The van der Waals surface area contributed by atoms with Crippen molar-refractivity contribution in [2.45, 2.75) is 6.43 Å². The van der Waals surface area contributed by atoms with Crippen LogP contribution >= 0.6 is 11.8 Å². The normalized spacial score (nSPS) is 11.4. The average Bonchev–Trinajstić information content (AvgIpc) is 2.28. The first-order chi connectivity index (χ1) is 8.10. The molecule has 0 aliphatic rings. The molecule has 17 heavy (non-hydrogen) atoms. The zero-order valence-electron chi connectivity index (χ0n) is 8.75. The quantitative estimate of drug-likeness (QED) is 0.384.